The molecule has 0 radical (unpaired) electrons. The second-order valence-electron chi connectivity index (χ2n) is 5.25. The molecule has 5 heteroatoms. The van der Waals surface area contributed by atoms with Gasteiger partial charge in [-0.1, -0.05) is 46.6 Å². The van der Waals surface area contributed by atoms with Gasteiger partial charge in [0.25, 0.3) is 0 Å². The highest BCUT2D eigenvalue weighted by atomic mass is 35.5. The van der Waals surface area contributed by atoms with Crippen LogP contribution in [0.4, 0.5) is 0 Å². The van der Waals surface area contributed by atoms with Gasteiger partial charge in [-0.2, -0.15) is 0 Å². The lowest BCUT2D eigenvalue weighted by molar-refractivity contribution is 0.277. The molecule has 0 spiro atoms. The van der Waals surface area contributed by atoms with E-state index >= 15 is 0 Å². The van der Waals surface area contributed by atoms with Gasteiger partial charge < -0.3 is 5.11 Å². The van der Waals surface area contributed by atoms with Crippen LogP contribution in [0.15, 0.2) is 42.5 Å². The quantitative estimate of drug-likeness (QED) is 0.802. The normalized spacial score (nSPS) is 10.9. The standard InChI is InChI=1S/C17H16ClN3O/c1-11-6-7-16(12(2)8-11)21-17(15(10-22)19-20-21)13-4-3-5-14(18)9-13/h3-9,22H,10H2,1-2H3. The van der Waals surface area contributed by atoms with Crippen LogP contribution in [0.5, 0.6) is 0 Å². The predicted molar refractivity (Wildman–Crippen MR) is 87.2 cm³/mol. The molecular formula is C17H16ClN3O. The average Bonchev–Trinajstić information content (AvgIpc) is 2.91. The van der Waals surface area contributed by atoms with E-state index in [0.29, 0.717) is 10.7 Å². The molecule has 1 heterocycles. The maximum atomic E-state index is 9.57. The molecule has 1 N–H and O–H groups in total. The first-order chi connectivity index (χ1) is 10.6. The lowest BCUT2D eigenvalue weighted by Gasteiger charge is -2.11. The summed E-state index contributed by atoms with van der Waals surface area (Å²) in [6.45, 7) is 3.91. The van der Waals surface area contributed by atoms with Crippen LogP contribution < -0.4 is 0 Å². The highest BCUT2D eigenvalue weighted by Gasteiger charge is 2.17. The Labute approximate surface area is 134 Å². The molecule has 0 aliphatic heterocycles. The van der Waals surface area contributed by atoms with Gasteiger partial charge in [-0.3, -0.25) is 0 Å². The van der Waals surface area contributed by atoms with Crippen molar-refractivity contribution in [3.05, 3.63) is 64.3 Å². The van der Waals surface area contributed by atoms with Crippen LogP contribution in [0, 0.1) is 13.8 Å². The largest absolute Gasteiger partial charge is 0.390 e. The van der Waals surface area contributed by atoms with Crippen molar-refractivity contribution in [2.75, 3.05) is 0 Å². The highest BCUT2D eigenvalue weighted by Crippen LogP contribution is 2.28. The molecule has 112 valence electrons. The fourth-order valence-corrected chi connectivity index (χ4v) is 2.75. The fraction of sp³-hybridized carbons (Fsp3) is 0.176. The first-order valence-electron chi connectivity index (χ1n) is 6.99. The zero-order valence-electron chi connectivity index (χ0n) is 12.4. The van der Waals surface area contributed by atoms with Crippen LogP contribution in [0.25, 0.3) is 16.9 Å². The zero-order valence-corrected chi connectivity index (χ0v) is 13.2. The number of aromatic nitrogens is 3. The summed E-state index contributed by atoms with van der Waals surface area (Å²) in [5.74, 6) is 0. The van der Waals surface area contributed by atoms with Crippen molar-refractivity contribution in [1.29, 1.82) is 0 Å². The van der Waals surface area contributed by atoms with Gasteiger partial charge in [-0.05, 0) is 37.6 Å². The second kappa shape index (κ2) is 5.91. The van der Waals surface area contributed by atoms with Crippen molar-refractivity contribution in [2.45, 2.75) is 20.5 Å². The minimum absolute atomic E-state index is 0.174. The summed E-state index contributed by atoms with van der Waals surface area (Å²) in [6.07, 6.45) is 0. The van der Waals surface area contributed by atoms with Crippen LogP contribution in [0.2, 0.25) is 5.02 Å². The lowest BCUT2D eigenvalue weighted by atomic mass is 10.1. The topological polar surface area (TPSA) is 50.9 Å². The molecule has 0 saturated carbocycles. The molecule has 0 fully saturated rings. The fourth-order valence-electron chi connectivity index (χ4n) is 2.56. The minimum atomic E-state index is -0.174. The summed E-state index contributed by atoms with van der Waals surface area (Å²) in [5, 5.41) is 18.5. The van der Waals surface area contributed by atoms with E-state index in [2.05, 4.69) is 23.3 Å². The number of aliphatic hydroxyl groups is 1. The smallest absolute Gasteiger partial charge is 0.117 e. The molecule has 2 aromatic carbocycles. The summed E-state index contributed by atoms with van der Waals surface area (Å²) >= 11 is 6.10. The number of benzene rings is 2. The van der Waals surface area contributed by atoms with E-state index in [0.717, 1.165) is 22.5 Å². The van der Waals surface area contributed by atoms with Crippen molar-refractivity contribution in [2.24, 2.45) is 0 Å². The number of aliphatic hydroxyl groups excluding tert-OH is 1. The maximum absolute atomic E-state index is 9.57. The SMILES string of the molecule is Cc1ccc(-n2nnc(CO)c2-c2cccc(Cl)c2)c(C)c1. The number of aryl methyl sites for hydroxylation is 2. The molecule has 0 amide bonds. The second-order valence-corrected chi connectivity index (χ2v) is 5.69. The Morgan fingerprint density at radius 2 is 1.95 bits per heavy atom. The summed E-state index contributed by atoms with van der Waals surface area (Å²) in [4.78, 5) is 0. The Morgan fingerprint density at radius 3 is 2.64 bits per heavy atom. The summed E-state index contributed by atoms with van der Waals surface area (Å²) < 4.78 is 1.76. The van der Waals surface area contributed by atoms with E-state index in [1.165, 1.54) is 5.56 Å². The Balaban J connectivity index is 2.23. The van der Waals surface area contributed by atoms with E-state index in [4.69, 9.17) is 11.6 Å². The van der Waals surface area contributed by atoms with E-state index in [9.17, 15) is 5.11 Å². The lowest BCUT2D eigenvalue weighted by Crippen LogP contribution is -2.02. The Bertz CT molecular complexity index is 827. The van der Waals surface area contributed by atoms with Gasteiger partial charge in [0.1, 0.15) is 11.4 Å². The molecular weight excluding hydrogens is 298 g/mol. The van der Waals surface area contributed by atoms with Gasteiger partial charge in [0.05, 0.1) is 12.3 Å². The van der Waals surface area contributed by atoms with Crippen molar-refractivity contribution in [3.63, 3.8) is 0 Å². The monoisotopic (exact) mass is 313 g/mol. The summed E-state index contributed by atoms with van der Waals surface area (Å²) in [6, 6.07) is 13.6. The van der Waals surface area contributed by atoms with Crippen molar-refractivity contribution in [3.8, 4) is 16.9 Å². The van der Waals surface area contributed by atoms with Crippen molar-refractivity contribution < 1.29 is 5.11 Å². The number of hydrogen-bond acceptors (Lipinski definition) is 3. The van der Waals surface area contributed by atoms with Gasteiger partial charge in [-0.25, -0.2) is 4.68 Å². The third kappa shape index (κ3) is 2.63. The van der Waals surface area contributed by atoms with Crippen LogP contribution in [0.1, 0.15) is 16.8 Å². The predicted octanol–water partition coefficient (Wildman–Crippen LogP) is 3.70. The first-order valence-corrected chi connectivity index (χ1v) is 7.37. The van der Waals surface area contributed by atoms with Gasteiger partial charge in [-0.15, -0.1) is 5.10 Å². The van der Waals surface area contributed by atoms with Crippen molar-refractivity contribution >= 4 is 11.6 Å². The molecule has 22 heavy (non-hydrogen) atoms. The molecule has 4 nitrogen and oxygen atoms in total. The summed E-state index contributed by atoms with van der Waals surface area (Å²) in [7, 11) is 0. The molecule has 3 aromatic rings. The number of rotatable bonds is 3. The van der Waals surface area contributed by atoms with Gasteiger partial charge in [0, 0.05) is 10.6 Å². The van der Waals surface area contributed by atoms with E-state index in [1.807, 2.05) is 43.3 Å². The third-order valence-corrected chi connectivity index (χ3v) is 3.80. The maximum Gasteiger partial charge on any atom is 0.117 e. The average molecular weight is 314 g/mol. The Hall–Kier alpha value is -2.17. The van der Waals surface area contributed by atoms with Gasteiger partial charge in [0.15, 0.2) is 0 Å². The van der Waals surface area contributed by atoms with Crippen LogP contribution in [0.3, 0.4) is 0 Å². The van der Waals surface area contributed by atoms with E-state index < -0.39 is 0 Å². The minimum Gasteiger partial charge on any atom is -0.390 e. The number of nitrogens with zero attached hydrogens (tertiary/aromatic N) is 3. The number of halogens is 1. The van der Waals surface area contributed by atoms with Gasteiger partial charge in [0.2, 0.25) is 0 Å². The third-order valence-electron chi connectivity index (χ3n) is 3.57. The molecule has 0 atom stereocenters. The van der Waals surface area contributed by atoms with Crippen LogP contribution >= 0.6 is 11.6 Å². The Kier molecular flexibility index (Phi) is 3.96. The molecule has 3 rings (SSSR count). The van der Waals surface area contributed by atoms with Crippen LogP contribution in [-0.4, -0.2) is 20.1 Å². The van der Waals surface area contributed by atoms with Gasteiger partial charge >= 0.3 is 0 Å². The van der Waals surface area contributed by atoms with Crippen molar-refractivity contribution in [1.82, 2.24) is 15.0 Å². The molecule has 0 unspecified atom stereocenters. The van der Waals surface area contributed by atoms with E-state index in [-0.39, 0.29) is 6.61 Å². The molecule has 0 aliphatic rings. The highest BCUT2D eigenvalue weighted by molar-refractivity contribution is 6.30. The molecule has 1 aromatic heterocycles. The van der Waals surface area contributed by atoms with Crippen LogP contribution in [-0.2, 0) is 6.61 Å². The molecule has 0 saturated heterocycles. The number of hydrogen-bond donors (Lipinski definition) is 1. The van der Waals surface area contributed by atoms with E-state index in [1.54, 1.807) is 4.68 Å². The summed E-state index contributed by atoms with van der Waals surface area (Å²) in [5.41, 5.74) is 5.39. The zero-order chi connectivity index (χ0) is 15.7. The first kappa shape index (κ1) is 14.8. The molecule has 0 aliphatic carbocycles. The Morgan fingerprint density at radius 1 is 1.14 bits per heavy atom. The molecule has 0 bridgehead atoms.